The predicted octanol–water partition coefficient (Wildman–Crippen LogP) is 2.63. The Morgan fingerprint density at radius 2 is 1.96 bits per heavy atom. The molecule has 5 heteroatoms. The van der Waals surface area contributed by atoms with E-state index in [-0.39, 0.29) is 0 Å². The highest BCUT2D eigenvalue weighted by Crippen LogP contribution is 2.12. The molecule has 5 nitrogen and oxygen atoms in total. The lowest BCUT2D eigenvalue weighted by molar-refractivity contribution is 0.128. The van der Waals surface area contributed by atoms with Gasteiger partial charge in [-0.15, -0.1) is 0 Å². The Hall–Kier alpha value is -1.59. The van der Waals surface area contributed by atoms with Crippen LogP contribution in [-0.2, 0) is 11.3 Å². The maximum atomic E-state index is 5.71. The van der Waals surface area contributed by atoms with Crippen LogP contribution in [0, 0.1) is 0 Å². The van der Waals surface area contributed by atoms with Crippen LogP contribution in [0.25, 0.3) is 0 Å². The Bertz CT molecular complexity index is 496. The lowest BCUT2D eigenvalue weighted by atomic mass is 10.0. The fraction of sp³-hybridized carbons (Fsp3) is 0.650. The first-order chi connectivity index (χ1) is 12.2. The molecule has 0 atom stereocenters. The first-order valence-corrected chi connectivity index (χ1v) is 9.59. The molecule has 0 aliphatic carbocycles. The summed E-state index contributed by atoms with van der Waals surface area (Å²) < 4.78 is 5.71. The zero-order valence-corrected chi connectivity index (χ0v) is 16.0. The van der Waals surface area contributed by atoms with E-state index < -0.39 is 0 Å². The first-order valence-electron chi connectivity index (χ1n) is 9.59. The predicted molar refractivity (Wildman–Crippen MR) is 105 cm³/mol. The van der Waals surface area contributed by atoms with Gasteiger partial charge >= 0.3 is 0 Å². The number of hydrogen-bond donors (Lipinski definition) is 2. The van der Waals surface area contributed by atoms with E-state index in [1.807, 2.05) is 18.2 Å². The molecule has 2 rings (SSSR count). The van der Waals surface area contributed by atoms with Gasteiger partial charge in [0.15, 0.2) is 5.96 Å². The Balaban J connectivity index is 1.69. The van der Waals surface area contributed by atoms with E-state index in [4.69, 9.17) is 4.74 Å². The molecule has 1 heterocycles. The average molecular weight is 347 g/mol. The standard InChI is InChI=1S/C20H34N4O/c1-4-21-20(23-19-10-13-24(14-11-19)17(2)3)22-12-15-25-16-18-8-6-5-7-9-18/h5-9,17,19H,4,10-16H2,1-3H3,(H2,21,22,23). The molecule has 1 aromatic carbocycles. The summed E-state index contributed by atoms with van der Waals surface area (Å²) >= 11 is 0. The molecule has 0 unspecified atom stereocenters. The Labute approximate surface area is 152 Å². The van der Waals surface area contributed by atoms with Crippen LogP contribution in [0.5, 0.6) is 0 Å². The van der Waals surface area contributed by atoms with Crippen LogP contribution in [0.15, 0.2) is 35.3 Å². The fourth-order valence-corrected chi connectivity index (χ4v) is 3.06. The van der Waals surface area contributed by atoms with Gasteiger partial charge in [0.1, 0.15) is 0 Å². The van der Waals surface area contributed by atoms with E-state index in [0.717, 1.165) is 25.6 Å². The van der Waals surface area contributed by atoms with Crippen molar-refractivity contribution in [3.05, 3.63) is 35.9 Å². The molecule has 0 saturated carbocycles. The molecule has 25 heavy (non-hydrogen) atoms. The van der Waals surface area contributed by atoms with Crippen molar-refractivity contribution in [3.8, 4) is 0 Å². The lowest BCUT2D eigenvalue weighted by Crippen LogP contribution is -2.49. The zero-order valence-electron chi connectivity index (χ0n) is 16.0. The summed E-state index contributed by atoms with van der Waals surface area (Å²) in [7, 11) is 0. The minimum absolute atomic E-state index is 0.512. The van der Waals surface area contributed by atoms with Gasteiger partial charge in [-0.25, -0.2) is 0 Å². The van der Waals surface area contributed by atoms with E-state index in [0.29, 0.717) is 31.8 Å². The minimum Gasteiger partial charge on any atom is -0.375 e. The Morgan fingerprint density at radius 3 is 2.60 bits per heavy atom. The second kappa shape index (κ2) is 11.1. The van der Waals surface area contributed by atoms with Crippen LogP contribution >= 0.6 is 0 Å². The number of aliphatic imine (C=N–C) groups is 1. The van der Waals surface area contributed by atoms with Gasteiger partial charge in [-0.2, -0.15) is 0 Å². The van der Waals surface area contributed by atoms with Crippen molar-refractivity contribution in [2.45, 2.75) is 52.3 Å². The van der Waals surface area contributed by atoms with Crippen molar-refractivity contribution < 1.29 is 4.74 Å². The molecule has 0 spiro atoms. The van der Waals surface area contributed by atoms with Crippen molar-refractivity contribution >= 4 is 5.96 Å². The largest absolute Gasteiger partial charge is 0.375 e. The van der Waals surface area contributed by atoms with Gasteiger partial charge in [-0.1, -0.05) is 30.3 Å². The summed E-state index contributed by atoms with van der Waals surface area (Å²) in [6.07, 6.45) is 2.35. The van der Waals surface area contributed by atoms with Crippen molar-refractivity contribution in [1.82, 2.24) is 15.5 Å². The third kappa shape index (κ3) is 7.45. The Kier molecular flexibility index (Phi) is 8.77. The zero-order chi connectivity index (χ0) is 17.9. The van der Waals surface area contributed by atoms with Gasteiger partial charge in [-0.3, -0.25) is 4.99 Å². The third-order valence-electron chi connectivity index (χ3n) is 4.56. The third-order valence-corrected chi connectivity index (χ3v) is 4.56. The maximum Gasteiger partial charge on any atom is 0.191 e. The van der Waals surface area contributed by atoms with Crippen molar-refractivity contribution in [1.29, 1.82) is 0 Å². The molecule has 1 aromatic rings. The number of hydrogen-bond acceptors (Lipinski definition) is 3. The topological polar surface area (TPSA) is 48.9 Å². The lowest BCUT2D eigenvalue weighted by Gasteiger charge is -2.35. The molecule has 1 aliphatic rings. The molecule has 1 saturated heterocycles. The monoisotopic (exact) mass is 346 g/mol. The summed E-state index contributed by atoms with van der Waals surface area (Å²) in [6.45, 7) is 11.8. The Morgan fingerprint density at radius 1 is 1.24 bits per heavy atom. The highest BCUT2D eigenvalue weighted by molar-refractivity contribution is 5.80. The first kappa shape index (κ1) is 19.7. The molecule has 140 valence electrons. The van der Waals surface area contributed by atoms with E-state index in [9.17, 15) is 0 Å². The van der Waals surface area contributed by atoms with Crippen LogP contribution in [0.2, 0.25) is 0 Å². The molecular formula is C20H34N4O. The highest BCUT2D eigenvalue weighted by Gasteiger charge is 2.21. The van der Waals surface area contributed by atoms with Gasteiger partial charge in [0.05, 0.1) is 19.8 Å². The SMILES string of the molecule is CCNC(=NCCOCc1ccccc1)NC1CCN(C(C)C)CC1. The van der Waals surface area contributed by atoms with E-state index >= 15 is 0 Å². The fourth-order valence-electron chi connectivity index (χ4n) is 3.06. The van der Waals surface area contributed by atoms with Gasteiger partial charge in [0, 0.05) is 31.7 Å². The van der Waals surface area contributed by atoms with Crippen LogP contribution in [-0.4, -0.2) is 55.7 Å². The molecule has 0 radical (unpaired) electrons. The quantitative estimate of drug-likeness (QED) is 0.432. The number of guanidine groups is 1. The van der Waals surface area contributed by atoms with Crippen molar-refractivity contribution in [2.24, 2.45) is 4.99 Å². The highest BCUT2D eigenvalue weighted by atomic mass is 16.5. The van der Waals surface area contributed by atoms with Crippen LogP contribution in [0.1, 0.15) is 39.2 Å². The maximum absolute atomic E-state index is 5.71. The van der Waals surface area contributed by atoms with E-state index in [1.165, 1.54) is 18.4 Å². The van der Waals surface area contributed by atoms with E-state index in [1.54, 1.807) is 0 Å². The number of benzene rings is 1. The number of nitrogens with one attached hydrogen (secondary N) is 2. The second-order valence-electron chi connectivity index (χ2n) is 6.85. The number of piperidine rings is 1. The average Bonchev–Trinajstić information content (AvgIpc) is 2.63. The minimum atomic E-state index is 0.512. The van der Waals surface area contributed by atoms with Gasteiger partial charge < -0.3 is 20.3 Å². The molecule has 1 aliphatic heterocycles. The number of rotatable bonds is 8. The van der Waals surface area contributed by atoms with Crippen LogP contribution in [0.3, 0.4) is 0 Å². The van der Waals surface area contributed by atoms with Crippen LogP contribution < -0.4 is 10.6 Å². The number of likely N-dealkylation sites (tertiary alicyclic amines) is 1. The summed E-state index contributed by atoms with van der Waals surface area (Å²) in [5, 5.41) is 6.92. The summed E-state index contributed by atoms with van der Waals surface area (Å²) in [5.74, 6) is 0.911. The molecule has 2 N–H and O–H groups in total. The molecular weight excluding hydrogens is 312 g/mol. The number of ether oxygens (including phenoxy) is 1. The number of nitrogens with zero attached hydrogens (tertiary/aromatic N) is 2. The summed E-state index contributed by atoms with van der Waals surface area (Å²) in [5.41, 5.74) is 1.20. The van der Waals surface area contributed by atoms with Crippen molar-refractivity contribution in [3.63, 3.8) is 0 Å². The molecule has 0 bridgehead atoms. The smallest absolute Gasteiger partial charge is 0.191 e. The molecule has 0 aromatic heterocycles. The van der Waals surface area contributed by atoms with Gasteiger partial charge in [0.2, 0.25) is 0 Å². The molecule has 0 amide bonds. The molecule has 1 fully saturated rings. The second-order valence-corrected chi connectivity index (χ2v) is 6.85. The summed E-state index contributed by atoms with van der Waals surface area (Å²) in [6, 6.07) is 11.4. The van der Waals surface area contributed by atoms with Gasteiger partial charge in [-0.05, 0) is 39.2 Å². The van der Waals surface area contributed by atoms with Crippen molar-refractivity contribution in [2.75, 3.05) is 32.8 Å². The van der Waals surface area contributed by atoms with Gasteiger partial charge in [0.25, 0.3) is 0 Å². The van der Waals surface area contributed by atoms with E-state index in [2.05, 4.69) is 53.4 Å². The summed E-state index contributed by atoms with van der Waals surface area (Å²) in [4.78, 5) is 7.19. The van der Waals surface area contributed by atoms with Crippen LogP contribution in [0.4, 0.5) is 0 Å². The normalized spacial score (nSPS) is 17.0.